The van der Waals surface area contributed by atoms with E-state index in [1.165, 1.54) is 22.6 Å². The Morgan fingerprint density at radius 3 is 2.67 bits per heavy atom. The van der Waals surface area contributed by atoms with Crippen LogP contribution in [0.1, 0.15) is 36.4 Å². The lowest BCUT2D eigenvalue weighted by Gasteiger charge is -2.06. The highest BCUT2D eigenvalue weighted by atomic mass is 79.9. The predicted octanol–water partition coefficient (Wildman–Crippen LogP) is 3.96. The fraction of sp³-hybridized carbons (Fsp3) is 0.667. The number of rotatable bonds is 7. The van der Waals surface area contributed by atoms with Crippen molar-refractivity contribution < 1.29 is 0 Å². The van der Waals surface area contributed by atoms with E-state index in [0.717, 1.165) is 19.5 Å². The molecule has 0 aliphatic rings. The molecule has 0 saturated carbocycles. The summed E-state index contributed by atoms with van der Waals surface area (Å²) in [4.78, 5) is 3.60. The van der Waals surface area contributed by atoms with Crippen molar-refractivity contribution in [2.45, 2.75) is 44.5 Å². The Labute approximate surface area is 105 Å². The Morgan fingerprint density at radius 2 is 2.07 bits per heavy atom. The molecule has 15 heavy (non-hydrogen) atoms. The van der Waals surface area contributed by atoms with Gasteiger partial charge in [-0.05, 0) is 37.9 Å². The maximum Gasteiger partial charge on any atom is 0.0299 e. The molecule has 3 heteroatoms. The van der Waals surface area contributed by atoms with Gasteiger partial charge in [0.2, 0.25) is 0 Å². The second kappa shape index (κ2) is 7.42. The van der Waals surface area contributed by atoms with E-state index in [1.54, 1.807) is 0 Å². The second-order valence-electron chi connectivity index (χ2n) is 3.69. The van der Waals surface area contributed by atoms with Gasteiger partial charge in [0, 0.05) is 21.1 Å². The summed E-state index contributed by atoms with van der Waals surface area (Å²) in [6.07, 6.45) is 3.58. The highest BCUT2D eigenvalue weighted by Gasteiger charge is 2.01. The van der Waals surface area contributed by atoms with Crippen molar-refractivity contribution in [3.63, 3.8) is 0 Å². The summed E-state index contributed by atoms with van der Waals surface area (Å²) in [7, 11) is 0. The van der Waals surface area contributed by atoms with Crippen LogP contribution >= 0.6 is 27.3 Å². The molecule has 0 spiro atoms. The van der Waals surface area contributed by atoms with Crippen molar-refractivity contribution in [3.8, 4) is 0 Å². The zero-order valence-corrected chi connectivity index (χ0v) is 12.0. The SMILES string of the molecule is CCc1ccc(CNCCC(Br)CC)s1. The van der Waals surface area contributed by atoms with Crippen LogP contribution in [0.15, 0.2) is 12.1 Å². The van der Waals surface area contributed by atoms with Gasteiger partial charge >= 0.3 is 0 Å². The molecule has 1 aromatic heterocycles. The van der Waals surface area contributed by atoms with Crippen LogP contribution in [-0.4, -0.2) is 11.4 Å². The maximum absolute atomic E-state index is 3.64. The molecule has 1 heterocycles. The molecule has 0 bridgehead atoms. The van der Waals surface area contributed by atoms with Crippen molar-refractivity contribution in [1.82, 2.24) is 5.32 Å². The minimum Gasteiger partial charge on any atom is -0.312 e. The van der Waals surface area contributed by atoms with Gasteiger partial charge in [0.05, 0.1) is 0 Å². The number of alkyl halides is 1. The molecule has 0 aliphatic heterocycles. The number of halogens is 1. The minimum atomic E-state index is 0.666. The summed E-state index contributed by atoms with van der Waals surface area (Å²) in [5.41, 5.74) is 0. The Morgan fingerprint density at radius 1 is 1.33 bits per heavy atom. The van der Waals surface area contributed by atoms with Crippen LogP contribution in [0.5, 0.6) is 0 Å². The van der Waals surface area contributed by atoms with Crippen LogP contribution in [0.4, 0.5) is 0 Å². The number of nitrogens with one attached hydrogen (secondary N) is 1. The molecule has 1 atom stereocenters. The third-order valence-corrected chi connectivity index (χ3v) is 4.78. The van der Waals surface area contributed by atoms with Gasteiger partial charge < -0.3 is 5.32 Å². The minimum absolute atomic E-state index is 0.666. The van der Waals surface area contributed by atoms with Gasteiger partial charge in [-0.1, -0.05) is 29.8 Å². The number of hydrogen-bond acceptors (Lipinski definition) is 2. The molecule has 0 aromatic carbocycles. The molecular weight excluding hydrogens is 270 g/mol. The van der Waals surface area contributed by atoms with Gasteiger partial charge in [-0.25, -0.2) is 0 Å². The Kier molecular flexibility index (Phi) is 6.53. The summed E-state index contributed by atoms with van der Waals surface area (Å²) >= 11 is 5.56. The molecule has 0 radical (unpaired) electrons. The van der Waals surface area contributed by atoms with Gasteiger partial charge in [0.15, 0.2) is 0 Å². The average molecular weight is 290 g/mol. The molecule has 1 rings (SSSR count). The third-order valence-electron chi connectivity index (χ3n) is 2.44. The summed E-state index contributed by atoms with van der Waals surface area (Å²) in [5.74, 6) is 0. The monoisotopic (exact) mass is 289 g/mol. The standard InChI is InChI=1S/C12H20BrNS/c1-3-10(13)7-8-14-9-12-6-5-11(4-2)15-12/h5-6,10,14H,3-4,7-9H2,1-2H3. The number of thiophene rings is 1. The van der Waals surface area contributed by atoms with E-state index in [2.05, 4.69) is 47.2 Å². The molecule has 86 valence electrons. The van der Waals surface area contributed by atoms with Crippen molar-refractivity contribution in [1.29, 1.82) is 0 Å². The predicted molar refractivity (Wildman–Crippen MR) is 73.0 cm³/mol. The second-order valence-corrected chi connectivity index (χ2v) is 6.24. The number of hydrogen-bond donors (Lipinski definition) is 1. The normalized spacial score (nSPS) is 13.0. The summed E-state index contributed by atoms with van der Waals surface area (Å²) < 4.78 is 0. The van der Waals surface area contributed by atoms with Gasteiger partial charge in [-0.15, -0.1) is 11.3 Å². The molecule has 0 saturated heterocycles. The van der Waals surface area contributed by atoms with Crippen LogP contribution in [0.25, 0.3) is 0 Å². The first-order valence-electron chi connectivity index (χ1n) is 5.68. The zero-order chi connectivity index (χ0) is 11.1. The van der Waals surface area contributed by atoms with E-state index >= 15 is 0 Å². The molecule has 0 aliphatic carbocycles. The first-order chi connectivity index (χ1) is 7.26. The van der Waals surface area contributed by atoms with Crippen LogP contribution in [0.2, 0.25) is 0 Å². The van der Waals surface area contributed by atoms with Crippen molar-refractivity contribution in [3.05, 3.63) is 21.9 Å². The Hall–Kier alpha value is 0.140. The first-order valence-corrected chi connectivity index (χ1v) is 7.41. The third kappa shape index (κ3) is 5.14. The Balaban J connectivity index is 2.14. The number of aryl methyl sites for hydroxylation is 1. The highest BCUT2D eigenvalue weighted by Crippen LogP contribution is 2.16. The fourth-order valence-electron chi connectivity index (χ4n) is 1.38. The molecule has 1 unspecified atom stereocenters. The molecule has 0 amide bonds. The van der Waals surface area contributed by atoms with Crippen LogP contribution in [0, 0.1) is 0 Å². The smallest absolute Gasteiger partial charge is 0.0299 e. The lowest BCUT2D eigenvalue weighted by Crippen LogP contribution is -2.16. The average Bonchev–Trinajstić information content (AvgIpc) is 2.72. The van der Waals surface area contributed by atoms with Gasteiger partial charge in [-0.3, -0.25) is 0 Å². The van der Waals surface area contributed by atoms with Crippen molar-refractivity contribution in [2.24, 2.45) is 0 Å². The molecule has 1 N–H and O–H groups in total. The zero-order valence-electron chi connectivity index (χ0n) is 9.55. The summed E-state index contributed by atoms with van der Waals surface area (Å²) in [5, 5.41) is 3.48. The highest BCUT2D eigenvalue weighted by molar-refractivity contribution is 9.09. The maximum atomic E-state index is 3.64. The fourth-order valence-corrected chi connectivity index (χ4v) is 2.54. The molecule has 1 nitrogen and oxygen atoms in total. The van der Waals surface area contributed by atoms with Crippen molar-refractivity contribution in [2.75, 3.05) is 6.54 Å². The van der Waals surface area contributed by atoms with Gasteiger partial charge in [-0.2, -0.15) is 0 Å². The van der Waals surface area contributed by atoms with Gasteiger partial charge in [0.1, 0.15) is 0 Å². The van der Waals surface area contributed by atoms with Crippen LogP contribution in [-0.2, 0) is 13.0 Å². The largest absolute Gasteiger partial charge is 0.312 e. The molecule has 1 aromatic rings. The van der Waals surface area contributed by atoms with Gasteiger partial charge in [0.25, 0.3) is 0 Å². The topological polar surface area (TPSA) is 12.0 Å². The summed E-state index contributed by atoms with van der Waals surface area (Å²) in [6, 6.07) is 4.48. The van der Waals surface area contributed by atoms with E-state index in [9.17, 15) is 0 Å². The van der Waals surface area contributed by atoms with Crippen LogP contribution in [0.3, 0.4) is 0 Å². The van der Waals surface area contributed by atoms with Crippen molar-refractivity contribution >= 4 is 27.3 Å². The van der Waals surface area contributed by atoms with E-state index in [-0.39, 0.29) is 0 Å². The van der Waals surface area contributed by atoms with E-state index < -0.39 is 0 Å². The van der Waals surface area contributed by atoms with E-state index in [0.29, 0.717) is 4.83 Å². The molecule has 0 fully saturated rings. The quantitative estimate of drug-likeness (QED) is 0.592. The van der Waals surface area contributed by atoms with E-state index in [4.69, 9.17) is 0 Å². The Bertz CT molecular complexity index is 272. The van der Waals surface area contributed by atoms with Crippen LogP contribution < -0.4 is 5.32 Å². The lowest BCUT2D eigenvalue weighted by molar-refractivity contribution is 0.634. The lowest BCUT2D eigenvalue weighted by atomic mass is 10.2. The van der Waals surface area contributed by atoms with E-state index in [1.807, 2.05) is 11.3 Å². The molecular formula is C12H20BrNS. The summed E-state index contributed by atoms with van der Waals surface area (Å²) in [6.45, 7) is 6.54. The first kappa shape index (κ1) is 13.2.